The van der Waals surface area contributed by atoms with Crippen LogP contribution in [-0.2, 0) is 9.53 Å². The Labute approximate surface area is 150 Å². The van der Waals surface area contributed by atoms with Crippen LogP contribution in [0.15, 0.2) is 28.6 Å². The summed E-state index contributed by atoms with van der Waals surface area (Å²) in [6, 6.07) is 0. The van der Waals surface area contributed by atoms with Crippen LogP contribution in [0.5, 0.6) is 0 Å². The Balaban J connectivity index is 1.59. The Bertz CT molecular complexity index is 666. The van der Waals surface area contributed by atoms with Crippen LogP contribution in [0.4, 0.5) is 0 Å². The summed E-state index contributed by atoms with van der Waals surface area (Å²) in [5.41, 5.74) is 2.53. The number of ether oxygens (including phenoxy) is 1. The highest BCUT2D eigenvalue weighted by atomic mass is 16.5. The zero-order chi connectivity index (χ0) is 17.8. The van der Waals surface area contributed by atoms with E-state index < -0.39 is 0 Å². The Morgan fingerprint density at radius 3 is 2.60 bits per heavy atom. The maximum Gasteiger partial charge on any atom is 0.302 e. The summed E-state index contributed by atoms with van der Waals surface area (Å²) >= 11 is 0. The summed E-state index contributed by atoms with van der Waals surface area (Å²) < 4.78 is 5.50. The summed E-state index contributed by atoms with van der Waals surface area (Å²) in [5, 5.41) is 3.36. The fourth-order valence-electron chi connectivity index (χ4n) is 6.65. The monoisotopic (exact) mass is 343 g/mol. The SMILES string of the molecule is CC(=O)O[C@H]1CC[C@@]2(C)C(=CCC3C2CC[C@]2(C)C(N=O)=CCC32)C1. The number of carbonyl (C=O) groups excluding carboxylic acids is 1. The number of hydrogen-bond acceptors (Lipinski definition) is 4. The first-order valence-electron chi connectivity index (χ1n) is 9.79. The Hall–Kier alpha value is -1.45. The van der Waals surface area contributed by atoms with E-state index in [2.05, 4.69) is 31.2 Å². The average molecular weight is 343 g/mol. The number of rotatable bonds is 2. The number of carbonyl (C=O) groups is 1. The van der Waals surface area contributed by atoms with E-state index in [1.807, 2.05) is 0 Å². The van der Waals surface area contributed by atoms with Crippen molar-refractivity contribution in [2.75, 3.05) is 0 Å². The van der Waals surface area contributed by atoms with Crippen molar-refractivity contribution in [3.8, 4) is 0 Å². The normalized spacial score (nSPS) is 45.4. The fraction of sp³-hybridized carbons (Fsp3) is 0.762. The first-order chi connectivity index (χ1) is 11.9. The Morgan fingerprint density at radius 1 is 1.12 bits per heavy atom. The third-order valence-electron chi connectivity index (χ3n) is 8.03. The van der Waals surface area contributed by atoms with Gasteiger partial charge in [-0.15, -0.1) is 4.91 Å². The lowest BCUT2D eigenvalue weighted by Crippen LogP contribution is -2.50. The largest absolute Gasteiger partial charge is 0.462 e. The van der Waals surface area contributed by atoms with Gasteiger partial charge in [0.05, 0.1) is 5.70 Å². The molecule has 4 nitrogen and oxygen atoms in total. The predicted molar refractivity (Wildman–Crippen MR) is 96.5 cm³/mol. The average Bonchev–Trinajstić information content (AvgIpc) is 2.91. The number of nitroso groups, excluding NO2 is 1. The molecule has 4 rings (SSSR count). The molecule has 0 saturated heterocycles. The van der Waals surface area contributed by atoms with Gasteiger partial charge in [-0.2, -0.15) is 0 Å². The molecule has 0 aliphatic heterocycles. The van der Waals surface area contributed by atoms with Gasteiger partial charge in [-0.25, -0.2) is 0 Å². The molecule has 2 saturated carbocycles. The maximum atomic E-state index is 11.3. The highest BCUT2D eigenvalue weighted by Gasteiger charge is 2.57. The summed E-state index contributed by atoms with van der Waals surface area (Å²) in [7, 11) is 0. The molecule has 0 bridgehead atoms. The molecule has 0 aromatic carbocycles. The van der Waals surface area contributed by atoms with Crippen molar-refractivity contribution in [1.82, 2.24) is 0 Å². The van der Waals surface area contributed by atoms with E-state index >= 15 is 0 Å². The van der Waals surface area contributed by atoms with Gasteiger partial charge in [0.2, 0.25) is 0 Å². The van der Waals surface area contributed by atoms with Crippen LogP contribution in [0.2, 0.25) is 0 Å². The standard InChI is InChI=1S/C21H29NO3/c1-13(23)25-15-8-10-20(2)14(12-15)4-5-16-17-6-7-19(22-24)21(17,3)11-9-18(16)20/h4,7,15-18H,5-6,8-12H2,1-3H3/t15-,16?,17?,18?,20-,21-/m0/s1. The third kappa shape index (κ3) is 2.43. The van der Waals surface area contributed by atoms with Crippen LogP contribution in [0.1, 0.15) is 65.7 Å². The number of hydrogen-bond donors (Lipinski definition) is 0. The molecule has 25 heavy (non-hydrogen) atoms. The lowest BCUT2D eigenvalue weighted by Gasteiger charge is -2.57. The van der Waals surface area contributed by atoms with Crippen LogP contribution in [0.3, 0.4) is 0 Å². The molecule has 4 heteroatoms. The highest BCUT2D eigenvalue weighted by Crippen LogP contribution is 2.65. The first-order valence-corrected chi connectivity index (χ1v) is 9.79. The fourth-order valence-corrected chi connectivity index (χ4v) is 6.65. The molecule has 0 N–H and O–H groups in total. The van der Waals surface area contributed by atoms with Gasteiger partial charge in [0.1, 0.15) is 6.10 Å². The number of fused-ring (bicyclic) bond motifs is 5. The Kier molecular flexibility index (Phi) is 3.93. The molecular weight excluding hydrogens is 314 g/mol. The van der Waals surface area contributed by atoms with Crippen molar-refractivity contribution in [2.45, 2.75) is 71.8 Å². The van der Waals surface area contributed by atoms with E-state index in [-0.39, 0.29) is 22.9 Å². The minimum atomic E-state index is -0.165. The molecule has 0 amide bonds. The Morgan fingerprint density at radius 2 is 1.88 bits per heavy atom. The van der Waals surface area contributed by atoms with E-state index in [1.54, 1.807) is 0 Å². The molecule has 0 spiro atoms. The van der Waals surface area contributed by atoms with Gasteiger partial charge < -0.3 is 4.74 Å². The maximum absolute atomic E-state index is 11.3. The van der Waals surface area contributed by atoms with Crippen LogP contribution in [0.25, 0.3) is 0 Å². The summed E-state index contributed by atoms with van der Waals surface area (Å²) in [6.07, 6.45) is 11.9. The zero-order valence-corrected chi connectivity index (χ0v) is 15.6. The van der Waals surface area contributed by atoms with Crippen molar-refractivity contribution in [2.24, 2.45) is 33.8 Å². The first kappa shape index (κ1) is 17.0. The molecule has 6 atom stereocenters. The van der Waals surface area contributed by atoms with Crippen LogP contribution < -0.4 is 0 Å². The van der Waals surface area contributed by atoms with E-state index in [0.29, 0.717) is 17.8 Å². The second-order valence-electron chi connectivity index (χ2n) is 9.11. The second kappa shape index (κ2) is 5.78. The van der Waals surface area contributed by atoms with Gasteiger partial charge in [0.15, 0.2) is 0 Å². The van der Waals surface area contributed by atoms with Crippen LogP contribution in [-0.4, -0.2) is 12.1 Å². The van der Waals surface area contributed by atoms with Gasteiger partial charge in [-0.1, -0.05) is 31.6 Å². The van der Waals surface area contributed by atoms with Gasteiger partial charge in [-0.05, 0) is 66.9 Å². The van der Waals surface area contributed by atoms with Gasteiger partial charge in [-0.3, -0.25) is 4.79 Å². The molecule has 4 aliphatic rings. The smallest absolute Gasteiger partial charge is 0.302 e. The topological polar surface area (TPSA) is 55.7 Å². The minimum absolute atomic E-state index is 0.0143. The number of nitrogens with zero attached hydrogens (tertiary/aromatic N) is 1. The number of esters is 1. The van der Waals surface area contributed by atoms with Crippen LogP contribution >= 0.6 is 0 Å². The molecule has 0 heterocycles. The lowest BCUT2D eigenvalue weighted by molar-refractivity contribution is -0.148. The molecule has 2 fully saturated rings. The van der Waals surface area contributed by atoms with Crippen molar-refractivity contribution in [3.05, 3.63) is 28.3 Å². The third-order valence-corrected chi connectivity index (χ3v) is 8.03. The number of allylic oxidation sites excluding steroid dienone is 3. The van der Waals surface area contributed by atoms with Crippen molar-refractivity contribution in [1.29, 1.82) is 0 Å². The van der Waals surface area contributed by atoms with Gasteiger partial charge >= 0.3 is 5.97 Å². The predicted octanol–water partition coefficient (Wildman–Crippen LogP) is 5.14. The van der Waals surface area contributed by atoms with Gasteiger partial charge in [0, 0.05) is 18.8 Å². The quantitative estimate of drug-likeness (QED) is 0.396. The minimum Gasteiger partial charge on any atom is -0.462 e. The van der Waals surface area contributed by atoms with E-state index in [1.165, 1.54) is 18.9 Å². The summed E-state index contributed by atoms with van der Waals surface area (Å²) in [6.45, 7) is 6.20. The summed E-state index contributed by atoms with van der Waals surface area (Å²) in [4.78, 5) is 22.6. The van der Waals surface area contributed by atoms with Crippen molar-refractivity contribution in [3.63, 3.8) is 0 Å². The molecule has 0 aromatic rings. The highest BCUT2D eigenvalue weighted by molar-refractivity contribution is 5.66. The van der Waals surface area contributed by atoms with Gasteiger partial charge in [0.25, 0.3) is 0 Å². The van der Waals surface area contributed by atoms with E-state index in [4.69, 9.17) is 4.74 Å². The lowest BCUT2D eigenvalue weighted by atomic mass is 9.48. The molecule has 136 valence electrons. The molecule has 3 unspecified atom stereocenters. The van der Waals surface area contributed by atoms with Crippen molar-refractivity contribution >= 4 is 5.97 Å². The molecular formula is C21H29NO3. The van der Waals surface area contributed by atoms with E-state index in [0.717, 1.165) is 44.2 Å². The second-order valence-corrected chi connectivity index (χ2v) is 9.11. The van der Waals surface area contributed by atoms with E-state index in [9.17, 15) is 9.70 Å². The molecule has 0 aromatic heterocycles. The molecule has 4 aliphatic carbocycles. The summed E-state index contributed by atoms with van der Waals surface area (Å²) in [5.74, 6) is 1.72. The van der Waals surface area contributed by atoms with Crippen molar-refractivity contribution < 1.29 is 9.53 Å². The molecule has 0 radical (unpaired) electrons. The zero-order valence-electron chi connectivity index (χ0n) is 15.6. The van der Waals surface area contributed by atoms with Crippen LogP contribution in [0, 0.1) is 33.5 Å².